The standard InChI is InChI=1S/C17H14F2O3/c1-3-17(20)22-16-7-6-12(9-15(16)19)11-4-5-13(10-21-2)14(18)8-11/h3-9H,1,10H2,2H3. The summed E-state index contributed by atoms with van der Waals surface area (Å²) in [5.41, 5.74) is 1.40. The Morgan fingerprint density at radius 1 is 1.14 bits per heavy atom. The lowest BCUT2D eigenvalue weighted by atomic mass is 10.0. The molecule has 5 heteroatoms. The largest absolute Gasteiger partial charge is 0.420 e. The van der Waals surface area contributed by atoms with Gasteiger partial charge in [-0.3, -0.25) is 0 Å². The first-order chi connectivity index (χ1) is 10.5. The van der Waals surface area contributed by atoms with Gasteiger partial charge in [-0.1, -0.05) is 24.8 Å². The van der Waals surface area contributed by atoms with Crippen LogP contribution in [0.1, 0.15) is 5.56 Å². The number of esters is 1. The molecular weight excluding hydrogens is 290 g/mol. The normalized spacial score (nSPS) is 10.3. The average molecular weight is 304 g/mol. The molecule has 0 bridgehead atoms. The van der Waals surface area contributed by atoms with Gasteiger partial charge in [0.2, 0.25) is 0 Å². The lowest BCUT2D eigenvalue weighted by molar-refractivity contribution is -0.129. The third-order valence-electron chi connectivity index (χ3n) is 3.00. The maximum absolute atomic E-state index is 13.9. The molecule has 2 aromatic rings. The van der Waals surface area contributed by atoms with Crippen LogP contribution in [0.4, 0.5) is 8.78 Å². The smallest absolute Gasteiger partial charge is 0.335 e. The molecule has 0 aromatic heterocycles. The number of methoxy groups -OCH3 is 1. The highest BCUT2D eigenvalue weighted by molar-refractivity contribution is 5.83. The molecule has 0 aliphatic rings. The maximum atomic E-state index is 13.9. The van der Waals surface area contributed by atoms with E-state index in [1.54, 1.807) is 18.2 Å². The van der Waals surface area contributed by atoms with E-state index in [-0.39, 0.29) is 12.4 Å². The van der Waals surface area contributed by atoms with E-state index >= 15 is 0 Å². The van der Waals surface area contributed by atoms with Gasteiger partial charge in [-0.15, -0.1) is 0 Å². The maximum Gasteiger partial charge on any atom is 0.335 e. The summed E-state index contributed by atoms with van der Waals surface area (Å²) in [4.78, 5) is 11.1. The van der Waals surface area contributed by atoms with E-state index in [0.717, 1.165) is 6.08 Å². The molecular formula is C17H14F2O3. The summed E-state index contributed by atoms with van der Waals surface area (Å²) in [7, 11) is 1.48. The van der Waals surface area contributed by atoms with Crippen LogP contribution < -0.4 is 4.74 Å². The lowest BCUT2D eigenvalue weighted by Crippen LogP contribution is -2.04. The predicted octanol–water partition coefficient (Wildman–Crippen LogP) is 3.87. The fourth-order valence-electron chi connectivity index (χ4n) is 1.91. The molecule has 0 atom stereocenters. The van der Waals surface area contributed by atoms with Gasteiger partial charge >= 0.3 is 5.97 Å². The van der Waals surface area contributed by atoms with Gasteiger partial charge in [-0.05, 0) is 29.3 Å². The molecule has 0 aliphatic carbocycles. The van der Waals surface area contributed by atoms with Gasteiger partial charge in [0.05, 0.1) is 6.61 Å². The van der Waals surface area contributed by atoms with Crippen molar-refractivity contribution in [3.8, 4) is 16.9 Å². The zero-order valence-electron chi connectivity index (χ0n) is 11.9. The van der Waals surface area contributed by atoms with Crippen LogP contribution in [0, 0.1) is 11.6 Å². The van der Waals surface area contributed by atoms with Crippen molar-refractivity contribution in [1.29, 1.82) is 0 Å². The van der Waals surface area contributed by atoms with E-state index in [9.17, 15) is 13.6 Å². The van der Waals surface area contributed by atoms with Crippen LogP contribution in [0.15, 0.2) is 49.1 Å². The Hall–Kier alpha value is -2.53. The first kappa shape index (κ1) is 15.9. The second-order valence-electron chi connectivity index (χ2n) is 4.51. The van der Waals surface area contributed by atoms with Crippen molar-refractivity contribution in [3.05, 3.63) is 66.3 Å². The van der Waals surface area contributed by atoms with Gasteiger partial charge in [-0.25, -0.2) is 13.6 Å². The number of carbonyl (C=O) groups excluding carboxylic acids is 1. The van der Waals surface area contributed by atoms with Crippen LogP contribution in [0.3, 0.4) is 0 Å². The van der Waals surface area contributed by atoms with Gasteiger partial charge < -0.3 is 9.47 Å². The Kier molecular flexibility index (Phi) is 5.01. The molecule has 0 spiro atoms. The van der Waals surface area contributed by atoms with Gasteiger partial charge in [0.25, 0.3) is 0 Å². The summed E-state index contributed by atoms with van der Waals surface area (Å²) in [6, 6.07) is 8.58. The zero-order chi connectivity index (χ0) is 16.1. The Morgan fingerprint density at radius 3 is 2.32 bits per heavy atom. The fourth-order valence-corrected chi connectivity index (χ4v) is 1.91. The van der Waals surface area contributed by atoms with Gasteiger partial charge in [0, 0.05) is 18.7 Å². The van der Waals surface area contributed by atoms with E-state index < -0.39 is 17.6 Å². The number of rotatable bonds is 5. The van der Waals surface area contributed by atoms with E-state index in [1.807, 2.05) is 0 Å². The number of halogens is 2. The Labute approximate surface area is 126 Å². The number of benzene rings is 2. The van der Waals surface area contributed by atoms with Crippen molar-refractivity contribution < 1.29 is 23.0 Å². The van der Waals surface area contributed by atoms with E-state index in [0.29, 0.717) is 16.7 Å². The quantitative estimate of drug-likeness (QED) is 0.478. The van der Waals surface area contributed by atoms with Crippen molar-refractivity contribution in [2.75, 3.05) is 7.11 Å². The Bertz CT molecular complexity index is 711. The highest BCUT2D eigenvalue weighted by Crippen LogP contribution is 2.27. The van der Waals surface area contributed by atoms with Crippen LogP contribution in [0.25, 0.3) is 11.1 Å². The molecule has 0 N–H and O–H groups in total. The number of ether oxygens (including phenoxy) is 2. The van der Waals surface area contributed by atoms with Crippen LogP contribution in [0.2, 0.25) is 0 Å². The molecule has 114 valence electrons. The summed E-state index contributed by atoms with van der Waals surface area (Å²) < 4.78 is 37.4. The van der Waals surface area contributed by atoms with Gasteiger partial charge in [0.15, 0.2) is 11.6 Å². The second-order valence-corrected chi connectivity index (χ2v) is 4.51. The minimum absolute atomic E-state index is 0.164. The topological polar surface area (TPSA) is 35.5 Å². The molecule has 0 amide bonds. The number of hydrogen-bond acceptors (Lipinski definition) is 3. The van der Waals surface area contributed by atoms with Crippen molar-refractivity contribution in [3.63, 3.8) is 0 Å². The van der Waals surface area contributed by atoms with Gasteiger partial charge in [0.1, 0.15) is 5.82 Å². The molecule has 0 heterocycles. The van der Waals surface area contributed by atoms with Crippen molar-refractivity contribution in [1.82, 2.24) is 0 Å². The van der Waals surface area contributed by atoms with Gasteiger partial charge in [-0.2, -0.15) is 0 Å². The Morgan fingerprint density at radius 2 is 1.77 bits per heavy atom. The number of carbonyl (C=O) groups is 1. The summed E-state index contributed by atoms with van der Waals surface area (Å²) in [6.45, 7) is 3.40. The van der Waals surface area contributed by atoms with E-state index in [2.05, 4.69) is 6.58 Å². The average Bonchev–Trinajstić information content (AvgIpc) is 2.51. The molecule has 2 rings (SSSR count). The number of hydrogen-bond donors (Lipinski definition) is 0. The SMILES string of the molecule is C=CC(=O)Oc1ccc(-c2ccc(COC)c(F)c2)cc1F. The molecule has 0 unspecified atom stereocenters. The molecule has 0 fully saturated rings. The highest BCUT2D eigenvalue weighted by atomic mass is 19.1. The Balaban J connectivity index is 2.30. The molecule has 22 heavy (non-hydrogen) atoms. The van der Waals surface area contributed by atoms with Crippen molar-refractivity contribution >= 4 is 5.97 Å². The third kappa shape index (κ3) is 3.56. The molecule has 2 aromatic carbocycles. The minimum atomic E-state index is -0.749. The van der Waals surface area contributed by atoms with Crippen LogP contribution in [-0.2, 0) is 16.1 Å². The third-order valence-corrected chi connectivity index (χ3v) is 3.00. The second kappa shape index (κ2) is 6.95. The van der Waals surface area contributed by atoms with Crippen LogP contribution in [-0.4, -0.2) is 13.1 Å². The zero-order valence-corrected chi connectivity index (χ0v) is 11.9. The molecule has 3 nitrogen and oxygen atoms in total. The molecule has 0 radical (unpaired) electrons. The van der Waals surface area contributed by atoms with Crippen molar-refractivity contribution in [2.24, 2.45) is 0 Å². The first-order valence-corrected chi connectivity index (χ1v) is 6.46. The lowest BCUT2D eigenvalue weighted by Gasteiger charge is -2.08. The molecule has 0 aliphatic heterocycles. The summed E-state index contributed by atoms with van der Waals surface area (Å²) >= 11 is 0. The van der Waals surface area contributed by atoms with Crippen LogP contribution >= 0.6 is 0 Å². The molecule has 0 saturated heterocycles. The predicted molar refractivity (Wildman–Crippen MR) is 78.3 cm³/mol. The summed E-state index contributed by atoms with van der Waals surface area (Å²) in [5.74, 6) is -2.09. The minimum Gasteiger partial charge on any atom is -0.420 e. The van der Waals surface area contributed by atoms with Crippen LogP contribution in [0.5, 0.6) is 5.75 Å². The monoisotopic (exact) mass is 304 g/mol. The molecule has 0 saturated carbocycles. The van der Waals surface area contributed by atoms with E-state index in [4.69, 9.17) is 9.47 Å². The fraction of sp³-hybridized carbons (Fsp3) is 0.118. The highest BCUT2D eigenvalue weighted by Gasteiger charge is 2.10. The van der Waals surface area contributed by atoms with Crippen molar-refractivity contribution in [2.45, 2.75) is 6.61 Å². The first-order valence-electron chi connectivity index (χ1n) is 6.46. The van der Waals surface area contributed by atoms with E-state index in [1.165, 1.54) is 25.3 Å². The summed E-state index contributed by atoms with van der Waals surface area (Å²) in [6.07, 6.45) is 0.942. The summed E-state index contributed by atoms with van der Waals surface area (Å²) in [5, 5.41) is 0.